The van der Waals surface area contributed by atoms with Crippen LogP contribution in [-0.2, 0) is 13.0 Å². The minimum Gasteiger partial charge on any atom is -0.366 e. The van der Waals surface area contributed by atoms with Crippen molar-refractivity contribution in [3.8, 4) is 0 Å². The molecule has 2 N–H and O–H groups in total. The molecule has 0 spiro atoms. The number of benzene rings is 3. The molecule has 0 aromatic heterocycles. The van der Waals surface area contributed by atoms with E-state index < -0.39 is 0 Å². The van der Waals surface area contributed by atoms with E-state index in [1.165, 1.54) is 11.1 Å². The molecule has 3 amide bonds. The van der Waals surface area contributed by atoms with E-state index in [2.05, 4.69) is 39.8 Å². The molecule has 5 rings (SSSR count). The Hall–Kier alpha value is -3.80. The maximum absolute atomic E-state index is 13.5. The van der Waals surface area contributed by atoms with Gasteiger partial charge in [0.15, 0.2) is 0 Å². The monoisotopic (exact) mass is 468 g/mol. The predicted octanol–water partition coefficient (Wildman–Crippen LogP) is 5.75. The van der Waals surface area contributed by atoms with E-state index in [1.807, 2.05) is 55.1 Å². The zero-order valence-corrected chi connectivity index (χ0v) is 20.4. The van der Waals surface area contributed by atoms with Crippen LogP contribution in [0.25, 0.3) is 0 Å². The summed E-state index contributed by atoms with van der Waals surface area (Å²) in [5.74, 6) is 0.0368. The molecule has 0 saturated carbocycles. The molecule has 2 heterocycles. The fourth-order valence-corrected chi connectivity index (χ4v) is 5.09. The van der Waals surface area contributed by atoms with Crippen molar-refractivity contribution < 1.29 is 9.59 Å². The van der Waals surface area contributed by atoms with Gasteiger partial charge in [-0.1, -0.05) is 42.0 Å². The Morgan fingerprint density at radius 3 is 2.37 bits per heavy atom. The maximum Gasteiger partial charge on any atom is 0.323 e. The first-order chi connectivity index (χ1) is 17.0. The van der Waals surface area contributed by atoms with Crippen molar-refractivity contribution >= 4 is 29.0 Å². The van der Waals surface area contributed by atoms with Gasteiger partial charge in [-0.2, -0.15) is 0 Å². The van der Waals surface area contributed by atoms with Gasteiger partial charge < -0.3 is 20.4 Å². The van der Waals surface area contributed by atoms with E-state index in [1.54, 1.807) is 0 Å². The summed E-state index contributed by atoms with van der Waals surface area (Å²) in [4.78, 5) is 30.5. The first-order valence-corrected chi connectivity index (χ1v) is 12.4. The SMILES string of the molecule is Cc1ccc(NC(=O)Nc2ccc(N3CCc4ccccc4C3)c(C(=O)N3CCCC3)c2)c(C)c1. The number of carbonyl (C=O) groups excluding carboxylic acids is 2. The molecule has 1 fully saturated rings. The quantitative estimate of drug-likeness (QED) is 0.513. The highest BCUT2D eigenvalue weighted by atomic mass is 16.2. The topological polar surface area (TPSA) is 64.7 Å². The van der Waals surface area contributed by atoms with Crippen molar-refractivity contribution in [2.75, 3.05) is 35.2 Å². The van der Waals surface area contributed by atoms with Crippen molar-refractivity contribution in [2.45, 2.75) is 39.7 Å². The van der Waals surface area contributed by atoms with Gasteiger partial charge in [-0.05, 0) is 74.1 Å². The van der Waals surface area contributed by atoms with Gasteiger partial charge in [0, 0.05) is 43.2 Å². The molecule has 0 atom stereocenters. The number of anilines is 3. The van der Waals surface area contributed by atoms with Crippen LogP contribution in [0.1, 0.15) is 45.5 Å². The van der Waals surface area contributed by atoms with Crippen LogP contribution in [0.4, 0.5) is 21.9 Å². The average Bonchev–Trinajstić information content (AvgIpc) is 3.40. The lowest BCUT2D eigenvalue weighted by molar-refractivity contribution is 0.0793. The van der Waals surface area contributed by atoms with Crippen molar-refractivity contribution in [3.63, 3.8) is 0 Å². The molecular formula is C29H32N4O2. The Balaban J connectivity index is 1.40. The summed E-state index contributed by atoms with van der Waals surface area (Å²) in [7, 11) is 0. The second kappa shape index (κ2) is 9.82. The summed E-state index contributed by atoms with van der Waals surface area (Å²) in [6, 6.07) is 19.8. The second-order valence-corrected chi connectivity index (χ2v) is 9.57. The Bertz CT molecular complexity index is 1260. The lowest BCUT2D eigenvalue weighted by atomic mass is 9.98. The number of carbonyl (C=O) groups is 2. The third-order valence-corrected chi connectivity index (χ3v) is 6.98. The molecule has 1 saturated heterocycles. The van der Waals surface area contributed by atoms with E-state index >= 15 is 0 Å². The van der Waals surface area contributed by atoms with Crippen LogP contribution in [0.3, 0.4) is 0 Å². The predicted molar refractivity (Wildman–Crippen MR) is 141 cm³/mol. The van der Waals surface area contributed by atoms with Crippen LogP contribution in [-0.4, -0.2) is 36.5 Å². The highest BCUT2D eigenvalue weighted by molar-refractivity contribution is 6.04. The lowest BCUT2D eigenvalue weighted by Crippen LogP contribution is -2.34. The second-order valence-electron chi connectivity index (χ2n) is 9.57. The average molecular weight is 469 g/mol. The minimum absolute atomic E-state index is 0.0368. The van der Waals surface area contributed by atoms with Gasteiger partial charge in [0.2, 0.25) is 0 Å². The smallest absolute Gasteiger partial charge is 0.323 e. The van der Waals surface area contributed by atoms with E-state index in [-0.39, 0.29) is 11.9 Å². The van der Waals surface area contributed by atoms with Crippen molar-refractivity contribution in [2.24, 2.45) is 0 Å². The molecule has 2 aliphatic heterocycles. The molecular weight excluding hydrogens is 436 g/mol. The van der Waals surface area contributed by atoms with Gasteiger partial charge in [0.1, 0.15) is 0 Å². The highest BCUT2D eigenvalue weighted by Gasteiger charge is 2.26. The van der Waals surface area contributed by atoms with Gasteiger partial charge in [-0.3, -0.25) is 4.79 Å². The number of fused-ring (bicyclic) bond motifs is 1. The zero-order valence-electron chi connectivity index (χ0n) is 20.4. The fourth-order valence-electron chi connectivity index (χ4n) is 5.09. The molecule has 3 aromatic carbocycles. The Labute approximate surface area is 206 Å². The van der Waals surface area contributed by atoms with Gasteiger partial charge in [0.25, 0.3) is 5.91 Å². The number of nitrogens with zero attached hydrogens (tertiary/aromatic N) is 2. The van der Waals surface area contributed by atoms with E-state index in [4.69, 9.17) is 0 Å². The lowest BCUT2D eigenvalue weighted by Gasteiger charge is -2.33. The number of urea groups is 1. The van der Waals surface area contributed by atoms with Crippen molar-refractivity contribution in [3.05, 3.63) is 88.5 Å². The molecule has 35 heavy (non-hydrogen) atoms. The number of nitrogens with one attached hydrogen (secondary N) is 2. The molecule has 3 aromatic rings. The number of likely N-dealkylation sites (tertiary alicyclic amines) is 1. The number of hydrogen-bond acceptors (Lipinski definition) is 3. The number of rotatable bonds is 4. The van der Waals surface area contributed by atoms with Crippen molar-refractivity contribution in [1.82, 2.24) is 4.90 Å². The first kappa shape index (κ1) is 23.0. The van der Waals surface area contributed by atoms with E-state index in [0.29, 0.717) is 11.3 Å². The zero-order chi connectivity index (χ0) is 24.4. The van der Waals surface area contributed by atoms with Crippen LogP contribution in [0.15, 0.2) is 60.7 Å². The number of hydrogen-bond donors (Lipinski definition) is 2. The van der Waals surface area contributed by atoms with Crippen LogP contribution in [0.5, 0.6) is 0 Å². The summed E-state index contributed by atoms with van der Waals surface area (Å²) in [6.07, 6.45) is 3.02. The van der Waals surface area contributed by atoms with Crippen molar-refractivity contribution in [1.29, 1.82) is 0 Å². The van der Waals surface area contributed by atoms with Gasteiger partial charge >= 0.3 is 6.03 Å². The molecule has 2 aliphatic rings. The normalized spacial score (nSPS) is 15.0. The third-order valence-electron chi connectivity index (χ3n) is 6.98. The minimum atomic E-state index is -0.323. The first-order valence-electron chi connectivity index (χ1n) is 12.4. The standard InChI is InChI=1S/C29H32N4O2/c1-20-9-11-26(21(2)17-20)31-29(35)30-24-10-12-27(25(18-24)28(34)32-14-5-6-15-32)33-16-13-22-7-3-4-8-23(22)19-33/h3-4,7-12,17-18H,5-6,13-16,19H2,1-2H3,(H2,30,31,35). The van der Waals surface area contributed by atoms with Gasteiger partial charge in [0.05, 0.1) is 5.56 Å². The number of aryl methyl sites for hydroxylation is 2. The van der Waals surface area contributed by atoms with Crippen LogP contribution in [0, 0.1) is 13.8 Å². The molecule has 180 valence electrons. The van der Waals surface area contributed by atoms with Crippen LogP contribution < -0.4 is 15.5 Å². The maximum atomic E-state index is 13.5. The van der Waals surface area contributed by atoms with Crippen LogP contribution in [0.2, 0.25) is 0 Å². The van der Waals surface area contributed by atoms with E-state index in [0.717, 1.165) is 67.9 Å². The Morgan fingerprint density at radius 2 is 1.60 bits per heavy atom. The summed E-state index contributed by atoms with van der Waals surface area (Å²) >= 11 is 0. The fraction of sp³-hybridized carbons (Fsp3) is 0.310. The summed E-state index contributed by atoms with van der Waals surface area (Å²) in [5.41, 5.74) is 7.78. The van der Waals surface area contributed by atoms with Crippen LogP contribution >= 0.6 is 0 Å². The molecule has 0 bridgehead atoms. The molecule has 0 unspecified atom stereocenters. The third kappa shape index (κ3) is 5.02. The summed E-state index contributed by atoms with van der Waals surface area (Å²) < 4.78 is 0. The van der Waals surface area contributed by atoms with Gasteiger partial charge in [-0.25, -0.2) is 4.79 Å². The molecule has 0 radical (unpaired) electrons. The molecule has 0 aliphatic carbocycles. The molecule has 6 nitrogen and oxygen atoms in total. The van der Waals surface area contributed by atoms with E-state index in [9.17, 15) is 9.59 Å². The Morgan fingerprint density at radius 1 is 0.829 bits per heavy atom. The highest BCUT2D eigenvalue weighted by Crippen LogP contribution is 2.31. The van der Waals surface area contributed by atoms with Gasteiger partial charge in [-0.15, -0.1) is 0 Å². The summed E-state index contributed by atoms with van der Waals surface area (Å²) in [5, 5.41) is 5.85. The summed E-state index contributed by atoms with van der Waals surface area (Å²) in [6.45, 7) is 7.20. The molecule has 6 heteroatoms. The number of amides is 3. The largest absolute Gasteiger partial charge is 0.366 e. The Kier molecular flexibility index (Phi) is 6.45.